The van der Waals surface area contributed by atoms with Crippen molar-refractivity contribution in [3.8, 4) is 0 Å². The molecule has 8 heterocycles. The molecule has 8 aliphatic heterocycles. The molecule has 0 spiro atoms. The van der Waals surface area contributed by atoms with Gasteiger partial charge in [0.2, 0.25) is 23.6 Å². The van der Waals surface area contributed by atoms with E-state index in [1.165, 1.54) is 0 Å². The van der Waals surface area contributed by atoms with Crippen molar-refractivity contribution in [2.45, 2.75) is 267 Å². The van der Waals surface area contributed by atoms with Crippen LogP contribution in [0.5, 0.6) is 0 Å². The summed E-state index contributed by atoms with van der Waals surface area (Å²) in [5.41, 5.74) is 0. The van der Waals surface area contributed by atoms with Crippen molar-refractivity contribution in [3.63, 3.8) is 0 Å². The van der Waals surface area contributed by atoms with Gasteiger partial charge < -0.3 is 200 Å². The van der Waals surface area contributed by atoms with Crippen LogP contribution < -0.4 is 21.3 Å². The van der Waals surface area contributed by atoms with E-state index in [1.807, 2.05) is 0 Å². The number of aliphatic hydroxyl groups is 21. The number of rotatable bonds is 26. The summed E-state index contributed by atoms with van der Waals surface area (Å²) in [6.07, 6.45) is -72.2. The summed E-state index contributed by atoms with van der Waals surface area (Å²) in [4.78, 5) is 50.2. The van der Waals surface area contributed by atoms with Gasteiger partial charge in [-0.1, -0.05) is 0 Å². The third-order valence-corrected chi connectivity index (χ3v) is 17.9. The van der Waals surface area contributed by atoms with Gasteiger partial charge in [0.25, 0.3) is 0 Å². The summed E-state index contributed by atoms with van der Waals surface area (Å²) in [6, 6.07) is -7.11. The van der Waals surface area contributed by atoms with E-state index in [1.54, 1.807) is 0 Å². The van der Waals surface area contributed by atoms with Crippen LogP contribution in [0.15, 0.2) is 0 Å². The molecule has 0 bridgehead atoms. The highest BCUT2D eigenvalue weighted by Gasteiger charge is 2.61. The predicted molar refractivity (Wildman–Crippen MR) is 305 cm³/mol. The third kappa shape index (κ3) is 18.1. The minimum Gasteiger partial charge on any atom is -0.394 e. The zero-order valence-electron chi connectivity index (χ0n) is 53.3. The molecule has 8 aliphatic rings. The van der Waals surface area contributed by atoms with Crippen LogP contribution in [0.2, 0.25) is 0 Å². The second-order valence-electron chi connectivity index (χ2n) is 24.9. The third-order valence-electron chi connectivity index (χ3n) is 17.9. The molecular weight excluding hydrogens is 1360 g/mol. The number of hydrogen-bond acceptors (Lipinski definition) is 40. The maximum absolute atomic E-state index is 13.1. The van der Waals surface area contributed by atoms with Gasteiger partial charge in [-0.3, -0.25) is 19.2 Å². The highest BCUT2D eigenvalue weighted by Crippen LogP contribution is 2.40. The fourth-order valence-corrected chi connectivity index (χ4v) is 12.7. The van der Waals surface area contributed by atoms with E-state index in [0.29, 0.717) is 0 Å². The van der Waals surface area contributed by atoms with Crippen molar-refractivity contribution < 1.29 is 197 Å². The van der Waals surface area contributed by atoms with E-state index in [2.05, 4.69) is 21.3 Å². The summed E-state index contributed by atoms with van der Waals surface area (Å²) in [6.45, 7) is -4.63. The molecule has 0 aliphatic carbocycles. The number of aliphatic hydroxyl groups excluding tert-OH is 21. The zero-order chi connectivity index (χ0) is 72.9. The Morgan fingerprint density at radius 3 is 0.980 bits per heavy atom. The Balaban J connectivity index is 1.23. The van der Waals surface area contributed by atoms with E-state index in [0.717, 1.165) is 27.7 Å². The van der Waals surface area contributed by atoms with Crippen LogP contribution in [0.3, 0.4) is 0 Å². The summed E-state index contributed by atoms with van der Waals surface area (Å²) < 4.78 is 90.3. The van der Waals surface area contributed by atoms with Crippen molar-refractivity contribution in [2.75, 3.05) is 52.9 Å². The molecule has 0 aromatic carbocycles. The summed E-state index contributed by atoms with van der Waals surface area (Å²) >= 11 is 0. The molecule has 0 saturated carbocycles. The Morgan fingerprint density at radius 1 is 0.263 bits per heavy atom. The van der Waals surface area contributed by atoms with Crippen LogP contribution in [0.1, 0.15) is 27.7 Å². The highest BCUT2D eigenvalue weighted by molar-refractivity contribution is 5.74. The molecule has 44 nitrogen and oxygen atoms in total. The number of carbonyl (C=O) groups excluding carboxylic acids is 4. The van der Waals surface area contributed by atoms with Gasteiger partial charge >= 0.3 is 0 Å². The summed E-state index contributed by atoms with van der Waals surface area (Å²) in [5, 5.41) is 242. The van der Waals surface area contributed by atoms with Gasteiger partial charge in [0, 0.05) is 27.7 Å². The topological polar surface area (TPSA) is 680 Å². The zero-order valence-corrected chi connectivity index (χ0v) is 53.3. The number of nitrogens with one attached hydrogen (secondary N) is 4. The average Bonchev–Trinajstić information content (AvgIpc) is 1.35. The average molecular weight is 1450 g/mol. The summed E-state index contributed by atoms with van der Waals surface area (Å²) in [7, 11) is 0. The molecule has 8 fully saturated rings. The van der Waals surface area contributed by atoms with Gasteiger partial charge in [-0.2, -0.15) is 0 Å². The molecule has 4 amide bonds. The van der Waals surface area contributed by atoms with Crippen LogP contribution in [0, 0.1) is 0 Å². The highest BCUT2D eigenvalue weighted by atomic mass is 16.8. The largest absolute Gasteiger partial charge is 0.394 e. The van der Waals surface area contributed by atoms with Crippen molar-refractivity contribution in [2.24, 2.45) is 0 Å². The maximum atomic E-state index is 13.1. The van der Waals surface area contributed by atoms with E-state index < -0.39 is 316 Å². The van der Waals surface area contributed by atoms with Crippen LogP contribution in [0.4, 0.5) is 0 Å². The second-order valence-corrected chi connectivity index (χ2v) is 24.9. The Labute approximate surface area is 561 Å². The molecule has 0 aromatic rings. The Morgan fingerprint density at radius 2 is 0.545 bits per heavy atom. The van der Waals surface area contributed by atoms with Gasteiger partial charge in [0.05, 0.1) is 52.9 Å². The van der Waals surface area contributed by atoms with Gasteiger partial charge in [-0.05, 0) is 0 Å². The first-order valence-electron chi connectivity index (χ1n) is 31.5. The van der Waals surface area contributed by atoms with Crippen molar-refractivity contribution in [3.05, 3.63) is 0 Å². The quantitative estimate of drug-likeness (QED) is 0.0382. The first kappa shape index (κ1) is 81.1. The fourth-order valence-electron chi connectivity index (χ4n) is 12.7. The lowest BCUT2D eigenvalue weighted by Crippen LogP contribution is -2.71. The van der Waals surface area contributed by atoms with Crippen LogP contribution in [-0.2, 0) is 90.2 Å². The van der Waals surface area contributed by atoms with Gasteiger partial charge in [0.15, 0.2) is 50.3 Å². The lowest BCUT2D eigenvalue weighted by molar-refractivity contribution is -0.406. The number of ether oxygens (including phenoxy) is 15. The van der Waals surface area contributed by atoms with Crippen LogP contribution in [0.25, 0.3) is 0 Å². The minimum atomic E-state index is -2.46. The number of hydrogen-bond donors (Lipinski definition) is 25. The fraction of sp³-hybridized carbons (Fsp3) is 0.927. The molecule has 25 N–H and O–H groups in total. The van der Waals surface area contributed by atoms with Crippen molar-refractivity contribution >= 4 is 23.6 Å². The molecular formula is C55H92N4O40. The predicted octanol–water partition coefficient (Wildman–Crippen LogP) is -17.2. The van der Waals surface area contributed by atoms with Crippen molar-refractivity contribution in [1.82, 2.24) is 21.3 Å². The Hall–Kier alpha value is -3.56. The standard InChI is InChI=1S/C55H92N4O40/c1-13(67)56-25-37(79)42(22(10-65)86-48(25)84)94-51-28(59-16(4)70)38(80)43(23(11-66)92-51)95-55-47(99-52-41(83)33(75)21(9-64)89-52)44(96-54-46(40(82)32(74)20(8-63)91-54)98-50-27(58-15(3)69)36(78)30(72)18(6-61)88-50)34(76)24(93-55)12-85-53-45(39(81)31(73)19(7-62)90-53)97-49-26(57-14(2)68)35(77)29(71)17(5-60)87-49/h17-55,60-66,71-84H,5-12H2,1-4H3,(H,56,67)(H,57,68)(H,58,69)(H,59,70)/t17-,18-,19-,20-,21-,22-,23-,24-,25-,26-,27-,28-,29-,30-,31-,32-,33+,34-,35-,36-,37-,38-,39+,40+,41-,42-,43-,44+,45+,46+,47+,48?,49+,50+,51+,52+,53+,54-,55+/m1/s1. The van der Waals surface area contributed by atoms with Crippen molar-refractivity contribution in [1.29, 1.82) is 0 Å². The Kier molecular flexibility index (Phi) is 29.1. The first-order valence-corrected chi connectivity index (χ1v) is 31.5. The monoisotopic (exact) mass is 1450 g/mol. The number of carbonyl (C=O) groups is 4. The molecule has 0 radical (unpaired) electrons. The van der Waals surface area contributed by atoms with E-state index in [-0.39, 0.29) is 0 Å². The van der Waals surface area contributed by atoms with Gasteiger partial charge in [-0.15, -0.1) is 0 Å². The first-order chi connectivity index (χ1) is 46.9. The van der Waals surface area contributed by atoms with Gasteiger partial charge in [0.1, 0.15) is 189 Å². The summed E-state index contributed by atoms with van der Waals surface area (Å²) in [5.74, 6) is -3.43. The number of amides is 4. The second kappa shape index (κ2) is 35.5. The van der Waals surface area contributed by atoms with Crippen LogP contribution in [-0.4, -0.2) is 423 Å². The molecule has 39 atom stereocenters. The molecule has 8 rings (SSSR count). The van der Waals surface area contributed by atoms with Gasteiger partial charge in [-0.25, -0.2) is 0 Å². The van der Waals surface area contributed by atoms with E-state index >= 15 is 0 Å². The SMILES string of the molecule is CC(=O)N[C@H]1[C@H](O[C@H]2[C@H](O)[C@@H](NC(C)=O)C(O)O[C@@H]2CO)O[C@H](CO)[C@@H](O[C@@H]2O[C@H](CO[C@H]3O[C@H](CO)[C@@H](O)[C@H](O)[C@@H]3O[C@@H]3O[C@H](CO)[C@@H](O)[C@H](O)[C@H]3NC(C)=O)[C@@H](O)[C@H](O[C@H]3O[C@H](CO)[C@@H](O)[C@H](O)[C@@H]3O[C@@H]3O[C@H](CO)[C@@H](O)[C@H](O)[C@H]3NC(C)=O)[C@@H]2O[C@@H]2O[C@H](CO)[C@H](O)[C@H]2O)[C@@H]1O. The van der Waals surface area contributed by atoms with E-state index in [9.17, 15) is 126 Å². The minimum absolute atomic E-state index is 0.781. The molecule has 8 saturated heterocycles. The molecule has 572 valence electrons. The maximum Gasteiger partial charge on any atom is 0.217 e. The lowest BCUT2D eigenvalue weighted by atomic mass is 9.93. The molecule has 99 heavy (non-hydrogen) atoms. The van der Waals surface area contributed by atoms with Crippen LogP contribution >= 0.6 is 0 Å². The molecule has 1 unspecified atom stereocenters. The molecule has 0 aromatic heterocycles. The molecule has 44 heteroatoms. The lowest BCUT2D eigenvalue weighted by Gasteiger charge is -2.51. The Bertz CT molecular complexity index is 2590. The van der Waals surface area contributed by atoms with E-state index in [4.69, 9.17) is 71.1 Å². The normalized spacial score (nSPS) is 48.2. The smallest absolute Gasteiger partial charge is 0.217 e.